The number of sulfonamides is 1. The molecule has 0 spiro atoms. The molecule has 0 saturated heterocycles. The molecule has 6 heteroatoms. The van der Waals surface area contributed by atoms with E-state index in [4.69, 9.17) is 4.74 Å². The molecule has 0 aliphatic rings. The number of ether oxygens (including phenoxy) is 1. The van der Waals surface area contributed by atoms with Gasteiger partial charge in [-0.25, -0.2) is 8.42 Å². The number of hydrogen-bond acceptors (Lipinski definition) is 4. The van der Waals surface area contributed by atoms with Crippen LogP contribution >= 0.6 is 0 Å². The van der Waals surface area contributed by atoms with Gasteiger partial charge in [0.15, 0.2) is 0 Å². The standard InChI is InChI=1S/C15H18N2O3S/c1-15(2,14-6-4-5-11-16-14)17-21(18,19)13-9-7-12(20-3)8-10-13/h4-11,17H,1-3H3. The van der Waals surface area contributed by atoms with Crippen molar-refractivity contribution in [2.75, 3.05) is 7.11 Å². The zero-order valence-corrected chi connectivity index (χ0v) is 13.0. The molecular formula is C15H18N2O3S. The monoisotopic (exact) mass is 306 g/mol. The third-order valence-electron chi connectivity index (χ3n) is 3.06. The summed E-state index contributed by atoms with van der Waals surface area (Å²) in [5.74, 6) is 0.609. The van der Waals surface area contributed by atoms with Crippen molar-refractivity contribution in [3.63, 3.8) is 0 Å². The second-order valence-electron chi connectivity index (χ2n) is 5.12. The van der Waals surface area contributed by atoms with Crippen molar-refractivity contribution >= 4 is 10.0 Å². The van der Waals surface area contributed by atoms with Crippen LogP contribution < -0.4 is 9.46 Å². The number of benzene rings is 1. The summed E-state index contributed by atoms with van der Waals surface area (Å²) in [5, 5.41) is 0. The van der Waals surface area contributed by atoms with E-state index in [1.165, 1.54) is 19.2 Å². The Morgan fingerprint density at radius 1 is 1.10 bits per heavy atom. The zero-order valence-electron chi connectivity index (χ0n) is 12.2. The lowest BCUT2D eigenvalue weighted by atomic mass is 10.0. The Labute approximate surface area is 125 Å². The smallest absolute Gasteiger partial charge is 0.241 e. The largest absolute Gasteiger partial charge is 0.497 e. The van der Waals surface area contributed by atoms with E-state index >= 15 is 0 Å². The summed E-state index contributed by atoms with van der Waals surface area (Å²) >= 11 is 0. The van der Waals surface area contributed by atoms with Crippen molar-refractivity contribution in [2.45, 2.75) is 24.3 Å². The first-order chi connectivity index (χ1) is 9.85. The predicted molar refractivity (Wildman–Crippen MR) is 80.6 cm³/mol. The molecule has 2 aromatic rings. The van der Waals surface area contributed by atoms with E-state index in [0.29, 0.717) is 11.4 Å². The number of aromatic nitrogens is 1. The molecule has 0 saturated carbocycles. The van der Waals surface area contributed by atoms with Crippen LogP contribution in [0.25, 0.3) is 0 Å². The van der Waals surface area contributed by atoms with Crippen LogP contribution in [-0.2, 0) is 15.6 Å². The maximum Gasteiger partial charge on any atom is 0.241 e. The van der Waals surface area contributed by atoms with Gasteiger partial charge in [0.2, 0.25) is 10.0 Å². The van der Waals surface area contributed by atoms with Gasteiger partial charge in [-0.05, 0) is 50.2 Å². The first-order valence-corrected chi connectivity index (χ1v) is 7.93. The van der Waals surface area contributed by atoms with Crippen molar-refractivity contribution in [3.8, 4) is 5.75 Å². The molecular weight excluding hydrogens is 288 g/mol. The molecule has 0 aliphatic heterocycles. The number of methoxy groups -OCH3 is 1. The summed E-state index contributed by atoms with van der Waals surface area (Å²) in [4.78, 5) is 4.40. The van der Waals surface area contributed by atoms with Gasteiger partial charge < -0.3 is 4.74 Å². The van der Waals surface area contributed by atoms with Gasteiger partial charge in [0, 0.05) is 6.20 Å². The van der Waals surface area contributed by atoms with Gasteiger partial charge >= 0.3 is 0 Å². The van der Waals surface area contributed by atoms with Gasteiger partial charge in [-0.1, -0.05) is 6.07 Å². The first-order valence-electron chi connectivity index (χ1n) is 6.45. The highest BCUT2D eigenvalue weighted by atomic mass is 32.2. The van der Waals surface area contributed by atoms with E-state index in [2.05, 4.69) is 9.71 Å². The summed E-state index contributed by atoms with van der Waals surface area (Å²) in [6, 6.07) is 11.6. The highest BCUT2D eigenvalue weighted by molar-refractivity contribution is 7.89. The van der Waals surface area contributed by atoms with E-state index in [1.807, 2.05) is 6.07 Å². The SMILES string of the molecule is COc1ccc(S(=O)(=O)NC(C)(C)c2ccccn2)cc1. The average Bonchev–Trinajstić information content (AvgIpc) is 2.47. The van der Waals surface area contributed by atoms with Gasteiger partial charge in [-0.15, -0.1) is 0 Å². The summed E-state index contributed by atoms with van der Waals surface area (Å²) in [6.07, 6.45) is 1.64. The third kappa shape index (κ3) is 3.59. The third-order valence-corrected chi connectivity index (χ3v) is 4.74. The molecule has 1 aromatic carbocycles. The predicted octanol–water partition coefficient (Wildman–Crippen LogP) is 2.30. The van der Waals surface area contributed by atoms with Crippen LogP contribution in [0.1, 0.15) is 19.5 Å². The van der Waals surface area contributed by atoms with Crippen LogP contribution in [0.5, 0.6) is 5.75 Å². The topological polar surface area (TPSA) is 68.3 Å². The van der Waals surface area contributed by atoms with Crippen molar-refractivity contribution in [1.82, 2.24) is 9.71 Å². The summed E-state index contributed by atoms with van der Waals surface area (Å²) < 4.78 is 32.6. The van der Waals surface area contributed by atoms with Crippen molar-refractivity contribution in [1.29, 1.82) is 0 Å². The Bertz CT molecular complexity index is 695. The Hall–Kier alpha value is -1.92. The highest BCUT2D eigenvalue weighted by Gasteiger charge is 2.28. The molecule has 0 bridgehead atoms. The van der Waals surface area contributed by atoms with Crippen LogP contribution in [0, 0.1) is 0 Å². The minimum Gasteiger partial charge on any atom is -0.497 e. The molecule has 0 aliphatic carbocycles. The quantitative estimate of drug-likeness (QED) is 0.920. The molecule has 1 heterocycles. The Balaban J connectivity index is 2.28. The van der Waals surface area contributed by atoms with E-state index in [9.17, 15) is 8.42 Å². The van der Waals surface area contributed by atoms with Gasteiger partial charge in [0.1, 0.15) is 5.75 Å². The molecule has 5 nitrogen and oxygen atoms in total. The minimum atomic E-state index is -3.64. The van der Waals surface area contributed by atoms with Gasteiger partial charge in [-0.2, -0.15) is 4.72 Å². The number of nitrogens with zero attached hydrogens (tertiary/aromatic N) is 1. The van der Waals surface area contributed by atoms with Crippen LogP contribution in [0.4, 0.5) is 0 Å². The Morgan fingerprint density at radius 3 is 2.29 bits per heavy atom. The van der Waals surface area contributed by atoms with E-state index < -0.39 is 15.6 Å². The number of pyridine rings is 1. The lowest BCUT2D eigenvalue weighted by Gasteiger charge is -2.25. The fraction of sp³-hybridized carbons (Fsp3) is 0.267. The second-order valence-corrected chi connectivity index (χ2v) is 6.80. The summed E-state index contributed by atoms with van der Waals surface area (Å²) in [5.41, 5.74) is -0.151. The minimum absolute atomic E-state index is 0.187. The lowest BCUT2D eigenvalue weighted by molar-refractivity contribution is 0.414. The van der Waals surface area contributed by atoms with Crippen LogP contribution in [0.3, 0.4) is 0 Å². The lowest BCUT2D eigenvalue weighted by Crippen LogP contribution is -2.41. The molecule has 1 aromatic heterocycles. The van der Waals surface area contributed by atoms with Crippen LogP contribution in [0.15, 0.2) is 53.6 Å². The van der Waals surface area contributed by atoms with Crippen molar-refractivity contribution in [2.24, 2.45) is 0 Å². The van der Waals surface area contributed by atoms with Crippen LogP contribution in [-0.4, -0.2) is 20.5 Å². The molecule has 0 fully saturated rings. The molecule has 0 unspecified atom stereocenters. The molecule has 0 radical (unpaired) electrons. The maximum absolute atomic E-state index is 12.4. The van der Waals surface area contributed by atoms with E-state index in [1.54, 1.807) is 44.3 Å². The normalized spacial score (nSPS) is 12.1. The molecule has 0 amide bonds. The van der Waals surface area contributed by atoms with Crippen molar-refractivity contribution in [3.05, 3.63) is 54.4 Å². The molecule has 1 N–H and O–H groups in total. The average molecular weight is 306 g/mol. The number of hydrogen-bond donors (Lipinski definition) is 1. The van der Waals surface area contributed by atoms with Crippen LogP contribution in [0.2, 0.25) is 0 Å². The fourth-order valence-electron chi connectivity index (χ4n) is 1.93. The van der Waals surface area contributed by atoms with E-state index in [0.717, 1.165) is 0 Å². The van der Waals surface area contributed by atoms with Crippen molar-refractivity contribution < 1.29 is 13.2 Å². The van der Waals surface area contributed by atoms with Gasteiger partial charge in [0.25, 0.3) is 0 Å². The molecule has 21 heavy (non-hydrogen) atoms. The summed E-state index contributed by atoms with van der Waals surface area (Å²) in [7, 11) is -2.10. The highest BCUT2D eigenvalue weighted by Crippen LogP contribution is 2.22. The maximum atomic E-state index is 12.4. The Kier molecular flexibility index (Phi) is 4.29. The number of rotatable bonds is 5. The van der Waals surface area contributed by atoms with Gasteiger partial charge in [0.05, 0.1) is 23.2 Å². The van der Waals surface area contributed by atoms with Gasteiger partial charge in [-0.3, -0.25) is 4.98 Å². The fourth-order valence-corrected chi connectivity index (χ4v) is 3.32. The Morgan fingerprint density at radius 2 is 1.76 bits per heavy atom. The zero-order chi connectivity index (χ0) is 15.5. The first kappa shape index (κ1) is 15.5. The second kappa shape index (κ2) is 5.83. The number of nitrogens with one attached hydrogen (secondary N) is 1. The summed E-state index contributed by atoms with van der Waals surface area (Å²) in [6.45, 7) is 3.55. The molecule has 112 valence electrons. The van der Waals surface area contributed by atoms with E-state index in [-0.39, 0.29) is 4.90 Å². The molecule has 0 atom stereocenters. The molecule has 2 rings (SSSR count).